The van der Waals surface area contributed by atoms with Crippen molar-refractivity contribution in [1.82, 2.24) is 15.5 Å². The first kappa shape index (κ1) is 14.0. The summed E-state index contributed by atoms with van der Waals surface area (Å²) in [5.74, 6) is 0.425. The van der Waals surface area contributed by atoms with Gasteiger partial charge in [0, 0.05) is 26.6 Å². The fourth-order valence-corrected chi connectivity index (χ4v) is 2.04. The summed E-state index contributed by atoms with van der Waals surface area (Å²) in [6, 6.07) is 0. The van der Waals surface area contributed by atoms with Crippen molar-refractivity contribution in [3.63, 3.8) is 0 Å². The zero-order valence-corrected chi connectivity index (χ0v) is 11.1. The molecule has 1 heterocycles. The number of nitrogens with zero attached hydrogens (tertiary/aromatic N) is 1. The number of carbonyl (C=O) groups excluding carboxylic acids is 2. The van der Waals surface area contributed by atoms with Crippen molar-refractivity contribution in [1.29, 1.82) is 0 Å². The lowest BCUT2D eigenvalue weighted by atomic mass is 9.88. The van der Waals surface area contributed by atoms with E-state index in [2.05, 4.69) is 10.6 Å². The second kappa shape index (κ2) is 6.00. The van der Waals surface area contributed by atoms with Gasteiger partial charge in [-0.1, -0.05) is 13.8 Å². The van der Waals surface area contributed by atoms with E-state index in [9.17, 15) is 9.59 Å². The highest BCUT2D eigenvalue weighted by molar-refractivity contribution is 5.81. The third-order valence-electron chi connectivity index (χ3n) is 3.53. The molecule has 0 radical (unpaired) electrons. The van der Waals surface area contributed by atoms with Gasteiger partial charge in [0.25, 0.3) is 0 Å². The topological polar surface area (TPSA) is 61.4 Å². The number of carbonyl (C=O) groups is 2. The lowest BCUT2D eigenvalue weighted by molar-refractivity contribution is -0.137. The zero-order valence-electron chi connectivity index (χ0n) is 11.1. The molecule has 98 valence electrons. The summed E-state index contributed by atoms with van der Waals surface area (Å²) in [4.78, 5) is 25.1. The molecule has 2 unspecified atom stereocenters. The Balaban J connectivity index is 2.42. The summed E-state index contributed by atoms with van der Waals surface area (Å²) < 4.78 is 0. The van der Waals surface area contributed by atoms with Crippen molar-refractivity contribution in [2.24, 2.45) is 17.8 Å². The van der Waals surface area contributed by atoms with Crippen LogP contribution < -0.4 is 10.6 Å². The van der Waals surface area contributed by atoms with E-state index in [1.165, 1.54) is 0 Å². The summed E-state index contributed by atoms with van der Waals surface area (Å²) in [5, 5.41) is 5.77. The fraction of sp³-hybridized carbons (Fsp3) is 0.833. The third-order valence-corrected chi connectivity index (χ3v) is 3.53. The molecule has 0 aliphatic carbocycles. The van der Waals surface area contributed by atoms with E-state index in [4.69, 9.17) is 0 Å². The number of hydrogen-bond acceptors (Lipinski definition) is 3. The predicted octanol–water partition coefficient (Wildman–Crippen LogP) is -0.318. The molecule has 5 heteroatoms. The van der Waals surface area contributed by atoms with Gasteiger partial charge in [-0.25, -0.2) is 0 Å². The minimum absolute atomic E-state index is 0.0254. The molecule has 1 aliphatic heterocycles. The van der Waals surface area contributed by atoms with Gasteiger partial charge in [-0.2, -0.15) is 0 Å². The Morgan fingerprint density at radius 3 is 2.41 bits per heavy atom. The van der Waals surface area contributed by atoms with Gasteiger partial charge in [0.2, 0.25) is 11.8 Å². The Morgan fingerprint density at radius 1 is 1.41 bits per heavy atom. The molecular formula is C12H23N3O2. The number of amides is 2. The second-order valence-corrected chi connectivity index (χ2v) is 4.94. The van der Waals surface area contributed by atoms with E-state index in [1.807, 2.05) is 13.8 Å². The van der Waals surface area contributed by atoms with E-state index in [-0.39, 0.29) is 23.7 Å². The molecule has 1 saturated heterocycles. The molecule has 2 amide bonds. The summed E-state index contributed by atoms with van der Waals surface area (Å²) in [6.45, 7) is 6.12. The summed E-state index contributed by atoms with van der Waals surface area (Å²) in [5.41, 5.74) is 0. The molecule has 0 aromatic carbocycles. The Morgan fingerprint density at radius 2 is 2.00 bits per heavy atom. The molecule has 17 heavy (non-hydrogen) atoms. The smallest absolute Gasteiger partial charge is 0.225 e. The lowest BCUT2D eigenvalue weighted by Gasteiger charge is -2.34. The first-order valence-corrected chi connectivity index (χ1v) is 6.14. The van der Waals surface area contributed by atoms with Crippen molar-refractivity contribution in [3.05, 3.63) is 0 Å². The molecule has 1 fully saturated rings. The van der Waals surface area contributed by atoms with Crippen LogP contribution >= 0.6 is 0 Å². The van der Waals surface area contributed by atoms with Crippen molar-refractivity contribution in [2.75, 3.05) is 33.7 Å². The van der Waals surface area contributed by atoms with Crippen molar-refractivity contribution >= 4 is 11.8 Å². The van der Waals surface area contributed by atoms with E-state index in [0.29, 0.717) is 12.5 Å². The van der Waals surface area contributed by atoms with Crippen LogP contribution in [0.15, 0.2) is 0 Å². The maximum Gasteiger partial charge on any atom is 0.225 e. The SMILES string of the molecule is CNC(=O)C(C)CN(C)C(=O)C(C)C1CNC1. The van der Waals surface area contributed by atoms with Crippen LogP contribution in [0.5, 0.6) is 0 Å². The number of rotatable bonds is 5. The minimum atomic E-state index is -0.166. The molecule has 1 aliphatic rings. The monoisotopic (exact) mass is 241 g/mol. The molecule has 2 atom stereocenters. The van der Waals surface area contributed by atoms with Crippen LogP contribution in [0.3, 0.4) is 0 Å². The van der Waals surface area contributed by atoms with E-state index < -0.39 is 0 Å². The molecule has 0 saturated carbocycles. The van der Waals surface area contributed by atoms with Crippen LogP contribution in [0.1, 0.15) is 13.8 Å². The Bertz CT molecular complexity index is 289. The van der Waals surface area contributed by atoms with Gasteiger partial charge in [0.15, 0.2) is 0 Å². The van der Waals surface area contributed by atoms with Gasteiger partial charge >= 0.3 is 0 Å². The van der Waals surface area contributed by atoms with Gasteiger partial charge in [-0.3, -0.25) is 9.59 Å². The predicted molar refractivity (Wildman–Crippen MR) is 66.4 cm³/mol. The molecule has 0 aromatic heterocycles. The first-order chi connectivity index (χ1) is 7.97. The summed E-state index contributed by atoms with van der Waals surface area (Å²) in [7, 11) is 3.38. The van der Waals surface area contributed by atoms with Crippen molar-refractivity contribution < 1.29 is 9.59 Å². The van der Waals surface area contributed by atoms with Crippen LogP contribution in [-0.4, -0.2) is 50.4 Å². The van der Waals surface area contributed by atoms with Crippen LogP contribution in [0.2, 0.25) is 0 Å². The standard InChI is InChI=1S/C12H23N3O2/c1-8(11(16)13-3)7-15(4)12(17)9(2)10-5-14-6-10/h8-10,14H,5-7H2,1-4H3,(H,13,16). The molecule has 0 bridgehead atoms. The first-order valence-electron chi connectivity index (χ1n) is 6.14. The average Bonchev–Trinajstić information content (AvgIpc) is 2.24. The van der Waals surface area contributed by atoms with Crippen LogP contribution in [0.25, 0.3) is 0 Å². The molecule has 1 rings (SSSR count). The Kier molecular flexibility index (Phi) is 4.93. The summed E-state index contributed by atoms with van der Waals surface area (Å²) >= 11 is 0. The van der Waals surface area contributed by atoms with E-state index in [1.54, 1.807) is 19.0 Å². The number of nitrogens with one attached hydrogen (secondary N) is 2. The van der Waals surface area contributed by atoms with Gasteiger partial charge in [-0.05, 0) is 19.0 Å². The van der Waals surface area contributed by atoms with Gasteiger partial charge in [0.05, 0.1) is 5.92 Å². The highest BCUT2D eigenvalue weighted by Gasteiger charge is 2.31. The summed E-state index contributed by atoms with van der Waals surface area (Å²) in [6.07, 6.45) is 0. The zero-order chi connectivity index (χ0) is 13.0. The average molecular weight is 241 g/mol. The van der Waals surface area contributed by atoms with Gasteiger partial charge in [-0.15, -0.1) is 0 Å². The normalized spacial score (nSPS) is 19.1. The van der Waals surface area contributed by atoms with Crippen LogP contribution in [0.4, 0.5) is 0 Å². The Labute approximate surface area is 103 Å². The maximum absolute atomic E-state index is 12.1. The highest BCUT2D eigenvalue weighted by atomic mass is 16.2. The largest absolute Gasteiger partial charge is 0.359 e. The fourth-order valence-electron chi connectivity index (χ4n) is 2.04. The molecule has 5 nitrogen and oxygen atoms in total. The molecule has 0 spiro atoms. The Hall–Kier alpha value is -1.10. The molecule has 0 aromatic rings. The molecular weight excluding hydrogens is 218 g/mol. The highest BCUT2D eigenvalue weighted by Crippen LogP contribution is 2.18. The molecule has 2 N–H and O–H groups in total. The maximum atomic E-state index is 12.1. The number of hydrogen-bond donors (Lipinski definition) is 2. The lowest BCUT2D eigenvalue weighted by Crippen LogP contribution is -2.50. The van der Waals surface area contributed by atoms with Crippen molar-refractivity contribution in [2.45, 2.75) is 13.8 Å². The van der Waals surface area contributed by atoms with Gasteiger partial charge < -0.3 is 15.5 Å². The second-order valence-electron chi connectivity index (χ2n) is 4.94. The van der Waals surface area contributed by atoms with Crippen molar-refractivity contribution in [3.8, 4) is 0 Å². The quantitative estimate of drug-likeness (QED) is 0.693. The van der Waals surface area contributed by atoms with Crippen LogP contribution in [-0.2, 0) is 9.59 Å². The third kappa shape index (κ3) is 3.43. The van der Waals surface area contributed by atoms with E-state index in [0.717, 1.165) is 13.1 Å². The minimum Gasteiger partial charge on any atom is -0.359 e. The van der Waals surface area contributed by atoms with Crippen LogP contribution in [0, 0.1) is 17.8 Å². The van der Waals surface area contributed by atoms with E-state index >= 15 is 0 Å². The van der Waals surface area contributed by atoms with Gasteiger partial charge in [0.1, 0.15) is 0 Å².